The van der Waals surface area contributed by atoms with Crippen LogP contribution in [-0.4, -0.2) is 23.3 Å². The Morgan fingerprint density at radius 3 is 2.52 bits per heavy atom. The molecule has 1 aromatic carbocycles. The van der Waals surface area contributed by atoms with Crippen LogP contribution in [0, 0.1) is 6.92 Å². The fourth-order valence-corrected chi connectivity index (χ4v) is 2.63. The normalized spacial score (nSPS) is 10.2. The van der Waals surface area contributed by atoms with Crippen LogP contribution in [0.1, 0.15) is 39.6 Å². The first-order chi connectivity index (χ1) is 10.0. The van der Waals surface area contributed by atoms with Crippen LogP contribution in [0.15, 0.2) is 24.3 Å². The lowest BCUT2D eigenvalue weighted by atomic mass is 10.1. The second-order valence-electron chi connectivity index (χ2n) is 4.41. The van der Waals surface area contributed by atoms with Gasteiger partial charge in [0.05, 0.1) is 12.3 Å². The molecule has 1 heterocycles. The first-order valence-electron chi connectivity index (χ1n) is 6.53. The van der Waals surface area contributed by atoms with E-state index in [1.807, 2.05) is 0 Å². The minimum Gasteiger partial charge on any atom is -0.462 e. The molecule has 5 nitrogen and oxygen atoms in total. The molecule has 0 aliphatic rings. The standard InChI is InChI=1S/C15H16N2O3S/c1-4-20-14(19)13-9(2)16-15(21-13)17-12-7-5-11(6-8-12)10(3)18/h5-8H,4H2,1-3H3,(H,16,17). The summed E-state index contributed by atoms with van der Waals surface area (Å²) in [5, 5.41) is 3.73. The summed E-state index contributed by atoms with van der Waals surface area (Å²) in [6.45, 7) is 5.40. The van der Waals surface area contributed by atoms with Gasteiger partial charge in [-0.25, -0.2) is 9.78 Å². The van der Waals surface area contributed by atoms with E-state index in [2.05, 4.69) is 10.3 Å². The van der Waals surface area contributed by atoms with Crippen molar-refractivity contribution in [3.8, 4) is 0 Å². The Kier molecular flexibility index (Phi) is 4.70. The topological polar surface area (TPSA) is 68.3 Å². The molecular weight excluding hydrogens is 288 g/mol. The number of nitrogens with one attached hydrogen (secondary N) is 1. The molecule has 0 aliphatic heterocycles. The van der Waals surface area contributed by atoms with Crippen molar-refractivity contribution in [1.82, 2.24) is 4.98 Å². The lowest BCUT2D eigenvalue weighted by Crippen LogP contribution is -2.03. The van der Waals surface area contributed by atoms with Crippen LogP contribution >= 0.6 is 11.3 Å². The predicted molar refractivity (Wildman–Crippen MR) is 82.5 cm³/mol. The molecule has 6 heteroatoms. The van der Waals surface area contributed by atoms with Gasteiger partial charge in [-0.3, -0.25) is 4.79 Å². The Hall–Kier alpha value is -2.21. The number of aromatic nitrogens is 1. The molecule has 2 rings (SSSR count). The molecule has 0 saturated carbocycles. The highest BCUT2D eigenvalue weighted by molar-refractivity contribution is 7.17. The highest BCUT2D eigenvalue weighted by atomic mass is 32.1. The number of rotatable bonds is 5. The molecule has 0 saturated heterocycles. The molecule has 0 radical (unpaired) electrons. The van der Waals surface area contributed by atoms with Crippen LogP contribution in [0.3, 0.4) is 0 Å². The minimum atomic E-state index is -0.354. The number of carbonyl (C=O) groups is 2. The number of aryl methyl sites for hydroxylation is 1. The Morgan fingerprint density at radius 2 is 1.95 bits per heavy atom. The monoisotopic (exact) mass is 304 g/mol. The fourth-order valence-electron chi connectivity index (χ4n) is 1.75. The molecule has 0 amide bonds. The summed E-state index contributed by atoms with van der Waals surface area (Å²) in [7, 11) is 0. The van der Waals surface area contributed by atoms with Gasteiger partial charge in [-0.2, -0.15) is 0 Å². The van der Waals surface area contributed by atoms with Crippen molar-refractivity contribution < 1.29 is 14.3 Å². The smallest absolute Gasteiger partial charge is 0.350 e. The summed E-state index contributed by atoms with van der Waals surface area (Å²) in [5.41, 5.74) is 2.11. The van der Waals surface area contributed by atoms with E-state index in [-0.39, 0.29) is 11.8 Å². The van der Waals surface area contributed by atoms with Crippen molar-refractivity contribution in [2.45, 2.75) is 20.8 Å². The average molecular weight is 304 g/mol. The third-order valence-electron chi connectivity index (χ3n) is 2.80. The van der Waals surface area contributed by atoms with Gasteiger partial charge in [-0.15, -0.1) is 0 Å². The summed E-state index contributed by atoms with van der Waals surface area (Å²) in [6, 6.07) is 7.10. The molecule has 0 spiro atoms. The summed E-state index contributed by atoms with van der Waals surface area (Å²) in [5.74, 6) is -0.330. The Balaban J connectivity index is 2.14. The van der Waals surface area contributed by atoms with E-state index in [4.69, 9.17) is 4.74 Å². The molecule has 110 valence electrons. The van der Waals surface area contributed by atoms with Crippen molar-refractivity contribution >= 4 is 33.9 Å². The quantitative estimate of drug-likeness (QED) is 0.675. The number of hydrogen-bond donors (Lipinski definition) is 1. The van der Waals surface area contributed by atoms with E-state index in [0.29, 0.717) is 27.9 Å². The number of carbonyl (C=O) groups excluding carboxylic acids is 2. The van der Waals surface area contributed by atoms with Crippen LogP contribution in [0.5, 0.6) is 0 Å². The number of benzene rings is 1. The van der Waals surface area contributed by atoms with Gasteiger partial charge in [0, 0.05) is 11.3 Å². The number of anilines is 2. The van der Waals surface area contributed by atoms with Gasteiger partial charge in [-0.05, 0) is 45.0 Å². The number of esters is 1. The first kappa shape index (κ1) is 15.2. The summed E-state index contributed by atoms with van der Waals surface area (Å²) >= 11 is 1.25. The third-order valence-corrected chi connectivity index (χ3v) is 3.85. The van der Waals surface area contributed by atoms with Crippen LogP contribution in [0.2, 0.25) is 0 Å². The fraction of sp³-hybridized carbons (Fsp3) is 0.267. The van der Waals surface area contributed by atoms with E-state index in [0.717, 1.165) is 5.69 Å². The zero-order valence-electron chi connectivity index (χ0n) is 12.1. The Labute approximate surface area is 127 Å². The molecule has 0 unspecified atom stereocenters. The molecule has 0 atom stereocenters. The average Bonchev–Trinajstić information content (AvgIpc) is 2.80. The van der Waals surface area contributed by atoms with E-state index in [1.165, 1.54) is 18.3 Å². The van der Waals surface area contributed by atoms with Crippen LogP contribution in [-0.2, 0) is 4.74 Å². The first-order valence-corrected chi connectivity index (χ1v) is 7.35. The maximum atomic E-state index is 11.7. The van der Waals surface area contributed by atoms with Crippen LogP contribution in [0.4, 0.5) is 10.8 Å². The van der Waals surface area contributed by atoms with Crippen LogP contribution < -0.4 is 5.32 Å². The van der Waals surface area contributed by atoms with Gasteiger partial charge >= 0.3 is 5.97 Å². The lowest BCUT2D eigenvalue weighted by Gasteiger charge is -2.02. The van der Waals surface area contributed by atoms with Crippen molar-refractivity contribution in [3.63, 3.8) is 0 Å². The second kappa shape index (κ2) is 6.49. The van der Waals surface area contributed by atoms with Crippen LogP contribution in [0.25, 0.3) is 0 Å². The lowest BCUT2D eigenvalue weighted by molar-refractivity contribution is 0.0531. The number of ether oxygens (including phenoxy) is 1. The highest BCUT2D eigenvalue weighted by Gasteiger charge is 2.16. The maximum absolute atomic E-state index is 11.7. The molecule has 2 aromatic rings. The molecular formula is C15H16N2O3S. The maximum Gasteiger partial charge on any atom is 0.350 e. The number of thiazole rings is 1. The van der Waals surface area contributed by atoms with Crippen molar-refractivity contribution in [3.05, 3.63) is 40.4 Å². The largest absolute Gasteiger partial charge is 0.462 e. The van der Waals surface area contributed by atoms with Gasteiger partial charge in [0.1, 0.15) is 4.88 Å². The molecule has 21 heavy (non-hydrogen) atoms. The number of Topliss-reactive ketones (excluding diaryl/α,β-unsaturated/α-hetero) is 1. The Bertz CT molecular complexity index is 662. The highest BCUT2D eigenvalue weighted by Crippen LogP contribution is 2.26. The van der Waals surface area contributed by atoms with Crippen molar-refractivity contribution in [2.75, 3.05) is 11.9 Å². The van der Waals surface area contributed by atoms with Gasteiger partial charge < -0.3 is 10.1 Å². The van der Waals surface area contributed by atoms with E-state index in [1.54, 1.807) is 38.1 Å². The molecule has 0 aliphatic carbocycles. The molecule has 0 fully saturated rings. The number of nitrogens with zero attached hydrogens (tertiary/aromatic N) is 1. The van der Waals surface area contributed by atoms with Gasteiger partial charge in [0.15, 0.2) is 10.9 Å². The predicted octanol–water partition coefficient (Wildman–Crippen LogP) is 3.57. The van der Waals surface area contributed by atoms with E-state index < -0.39 is 0 Å². The number of ketones is 1. The minimum absolute atomic E-state index is 0.0243. The number of hydrogen-bond acceptors (Lipinski definition) is 6. The third kappa shape index (κ3) is 3.66. The second-order valence-corrected chi connectivity index (χ2v) is 5.41. The van der Waals surface area contributed by atoms with Gasteiger partial charge in [-0.1, -0.05) is 11.3 Å². The molecule has 0 bridgehead atoms. The summed E-state index contributed by atoms with van der Waals surface area (Å²) in [4.78, 5) is 27.8. The van der Waals surface area contributed by atoms with Gasteiger partial charge in [0.2, 0.25) is 0 Å². The SMILES string of the molecule is CCOC(=O)c1sc(Nc2ccc(C(C)=O)cc2)nc1C. The molecule has 1 aromatic heterocycles. The van der Waals surface area contributed by atoms with E-state index in [9.17, 15) is 9.59 Å². The molecule has 1 N–H and O–H groups in total. The summed E-state index contributed by atoms with van der Waals surface area (Å²) < 4.78 is 4.98. The van der Waals surface area contributed by atoms with Crippen molar-refractivity contribution in [1.29, 1.82) is 0 Å². The Morgan fingerprint density at radius 1 is 1.29 bits per heavy atom. The summed E-state index contributed by atoms with van der Waals surface area (Å²) in [6.07, 6.45) is 0. The zero-order valence-corrected chi connectivity index (χ0v) is 12.9. The van der Waals surface area contributed by atoms with E-state index >= 15 is 0 Å². The van der Waals surface area contributed by atoms with Crippen molar-refractivity contribution in [2.24, 2.45) is 0 Å². The zero-order chi connectivity index (χ0) is 15.4. The van der Waals surface area contributed by atoms with Gasteiger partial charge in [0.25, 0.3) is 0 Å².